The van der Waals surface area contributed by atoms with Crippen molar-refractivity contribution >= 4 is 15.9 Å². The van der Waals surface area contributed by atoms with E-state index in [1.54, 1.807) is 7.11 Å². The Morgan fingerprint density at radius 1 is 1.04 bits per heavy atom. The van der Waals surface area contributed by atoms with Gasteiger partial charge < -0.3 is 14.8 Å². The lowest BCUT2D eigenvalue weighted by molar-refractivity contribution is 0.283. The van der Waals surface area contributed by atoms with Crippen molar-refractivity contribution in [2.24, 2.45) is 0 Å². The predicted molar refractivity (Wildman–Crippen MR) is 116 cm³/mol. The van der Waals surface area contributed by atoms with E-state index < -0.39 is 0 Å². The Bertz CT molecular complexity index is 952. The summed E-state index contributed by atoms with van der Waals surface area (Å²) in [6.07, 6.45) is 0.980. The molecule has 3 nitrogen and oxygen atoms in total. The van der Waals surface area contributed by atoms with Gasteiger partial charge in [0.2, 0.25) is 0 Å². The lowest BCUT2D eigenvalue weighted by atomic mass is 9.89. The highest BCUT2D eigenvalue weighted by Crippen LogP contribution is 2.38. The van der Waals surface area contributed by atoms with Crippen molar-refractivity contribution in [3.05, 3.63) is 93.0 Å². The highest BCUT2D eigenvalue weighted by molar-refractivity contribution is 9.10. The summed E-state index contributed by atoms with van der Waals surface area (Å²) in [5.74, 6) is 1.58. The van der Waals surface area contributed by atoms with Crippen LogP contribution in [-0.2, 0) is 13.0 Å². The van der Waals surface area contributed by atoms with Crippen molar-refractivity contribution in [1.82, 2.24) is 5.32 Å². The Morgan fingerprint density at radius 2 is 1.86 bits per heavy atom. The number of methoxy groups -OCH3 is 1. The molecule has 1 aliphatic rings. The van der Waals surface area contributed by atoms with Gasteiger partial charge >= 0.3 is 0 Å². The molecule has 3 aromatic carbocycles. The molecule has 1 heterocycles. The quantitative estimate of drug-likeness (QED) is 0.564. The van der Waals surface area contributed by atoms with Gasteiger partial charge in [-0.05, 0) is 65.4 Å². The monoisotopic (exact) mass is 437 g/mol. The first-order chi connectivity index (χ1) is 13.6. The second-order valence-corrected chi connectivity index (χ2v) is 8.09. The second kappa shape index (κ2) is 8.38. The van der Waals surface area contributed by atoms with Gasteiger partial charge in [-0.2, -0.15) is 0 Å². The van der Waals surface area contributed by atoms with E-state index in [4.69, 9.17) is 9.47 Å². The summed E-state index contributed by atoms with van der Waals surface area (Å²) in [4.78, 5) is 0. The SMILES string of the molecule is COc1cc2c(cc1OCc1ccccc1)C(c1cc(C)cc(Br)c1)NCC2. The Morgan fingerprint density at radius 3 is 2.61 bits per heavy atom. The Hall–Kier alpha value is -2.30. The van der Waals surface area contributed by atoms with E-state index in [1.165, 1.54) is 22.3 Å². The van der Waals surface area contributed by atoms with Crippen LogP contribution in [0.2, 0.25) is 0 Å². The zero-order chi connectivity index (χ0) is 19.5. The van der Waals surface area contributed by atoms with Crippen molar-refractivity contribution in [2.75, 3.05) is 13.7 Å². The van der Waals surface area contributed by atoms with E-state index in [0.717, 1.165) is 34.5 Å². The fourth-order valence-corrected chi connectivity index (χ4v) is 4.43. The molecular formula is C24H24BrNO2. The lowest BCUT2D eigenvalue weighted by Gasteiger charge is -2.29. The standard InChI is InChI=1S/C24H24BrNO2/c1-16-10-19(12-20(25)11-16)24-21-14-23(28-15-17-6-4-3-5-7-17)22(27-2)13-18(21)8-9-26-24/h3-7,10-14,24,26H,8-9,15H2,1-2H3. The Kier molecular flexibility index (Phi) is 5.69. The molecule has 0 amide bonds. The van der Waals surface area contributed by atoms with Gasteiger partial charge in [0.05, 0.1) is 13.2 Å². The van der Waals surface area contributed by atoms with Crippen LogP contribution < -0.4 is 14.8 Å². The van der Waals surface area contributed by atoms with E-state index in [-0.39, 0.29) is 6.04 Å². The van der Waals surface area contributed by atoms with Crippen LogP contribution in [0.15, 0.2) is 65.1 Å². The Labute approximate surface area is 174 Å². The molecule has 1 atom stereocenters. The Balaban J connectivity index is 1.69. The van der Waals surface area contributed by atoms with E-state index in [2.05, 4.69) is 70.6 Å². The maximum absolute atomic E-state index is 6.15. The smallest absolute Gasteiger partial charge is 0.162 e. The molecule has 1 aliphatic heterocycles. The van der Waals surface area contributed by atoms with Crippen LogP contribution in [0.1, 0.15) is 33.9 Å². The van der Waals surface area contributed by atoms with E-state index >= 15 is 0 Å². The summed E-state index contributed by atoms with van der Waals surface area (Å²) in [5, 5.41) is 3.67. The van der Waals surface area contributed by atoms with Crippen LogP contribution in [0.5, 0.6) is 11.5 Å². The maximum Gasteiger partial charge on any atom is 0.162 e. The third kappa shape index (κ3) is 4.08. The molecular weight excluding hydrogens is 414 g/mol. The third-order valence-corrected chi connectivity index (χ3v) is 5.57. The third-order valence-electron chi connectivity index (χ3n) is 5.11. The van der Waals surface area contributed by atoms with Crippen LogP contribution in [0.3, 0.4) is 0 Å². The summed E-state index contributed by atoms with van der Waals surface area (Å²) in [6, 6.07) is 21.2. The topological polar surface area (TPSA) is 30.5 Å². The van der Waals surface area contributed by atoms with E-state index in [0.29, 0.717) is 6.61 Å². The number of rotatable bonds is 5. The maximum atomic E-state index is 6.15. The summed E-state index contributed by atoms with van der Waals surface area (Å²) in [6.45, 7) is 3.58. The molecule has 1 N–H and O–H groups in total. The molecule has 28 heavy (non-hydrogen) atoms. The van der Waals surface area contributed by atoms with Gasteiger partial charge in [-0.1, -0.05) is 52.3 Å². The minimum atomic E-state index is 0.143. The average molecular weight is 438 g/mol. The predicted octanol–water partition coefficient (Wildman–Crippen LogP) is 5.58. The summed E-state index contributed by atoms with van der Waals surface area (Å²) >= 11 is 3.64. The first kappa shape index (κ1) is 19.0. The molecule has 3 aromatic rings. The molecule has 0 radical (unpaired) electrons. The van der Waals surface area contributed by atoms with Crippen molar-refractivity contribution in [3.63, 3.8) is 0 Å². The minimum absolute atomic E-state index is 0.143. The van der Waals surface area contributed by atoms with Crippen molar-refractivity contribution in [2.45, 2.75) is 26.0 Å². The number of aryl methyl sites for hydroxylation is 1. The minimum Gasteiger partial charge on any atom is -0.493 e. The van der Waals surface area contributed by atoms with Crippen LogP contribution in [0.25, 0.3) is 0 Å². The molecule has 0 aromatic heterocycles. The van der Waals surface area contributed by atoms with Crippen molar-refractivity contribution in [3.8, 4) is 11.5 Å². The highest BCUT2D eigenvalue weighted by Gasteiger charge is 2.24. The number of benzene rings is 3. The molecule has 0 saturated carbocycles. The first-order valence-corrected chi connectivity index (χ1v) is 10.3. The van der Waals surface area contributed by atoms with E-state index in [9.17, 15) is 0 Å². The number of nitrogens with one attached hydrogen (secondary N) is 1. The molecule has 0 fully saturated rings. The molecule has 1 unspecified atom stereocenters. The van der Waals surface area contributed by atoms with Gasteiger partial charge in [-0.25, -0.2) is 0 Å². The zero-order valence-electron chi connectivity index (χ0n) is 16.2. The molecule has 144 valence electrons. The van der Waals surface area contributed by atoms with E-state index in [1.807, 2.05) is 18.2 Å². The van der Waals surface area contributed by atoms with Gasteiger partial charge in [0.1, 0.15) is 6.61 Å². The number of halogens is 1. The lowest BCUT2D eigenvalue weighted by Crippen LogP contribution is -2.30. The number of hydrogen-bond donors (Lipinski definition) is 1. The number of hydrogen-bond acceptors (Lipinski definition) is 3. The average Bonchev–Trinajstić information content (AvgIpc) is 2.71. The zero-order valence-corrected chi connectivity index (χ0v) is 17.8. The highest BCUT2D eigenvalue weighted by atomic mass is 79.9. The van der Waals surface area contributed by atoms with Crippen LogP contribution >= 0.6 is 15.9 Å². The summed E-state index contributed by atoms with van der Waals surface area (Å²) in [5.41, 5.74) is 6.21. The van der Waals surface area contributed by atoms with Gasteiger partial charge in [0, 0.05) is 11.0 Å². The molecule has 4 heteroatoms. The van der Waals surface area contributed by atoms with Crippen LogP contribution in [0.4, 0.5) is 0 Å². The molecule has 0 spiro atoms. The second-order valence-electron chi connectivity index (χ2n) is 7.18. The normalized spacial score (nSPS) is 15.8. The molecule has 0 aliphatic carbocycles. The molecule has 0 saturated heterocycles. The van der Waals surface area contributed by atoms with Gasteiger partial charge in [0.25, 0.3) is 0 Å². The van der Waals surface area contributed by atoms with Crippen molar-refractivity contribution in [1.29, 1.82) is 0 Å². The van der Waals surface area contributed by atoms with Gasteiger partial charge in [0.15, 0.2) is 11.5 Å². The van der Waals surface area contributed by atoms with Crippen LogP contribution in [-0.4, -0.2) is 13.7 Å². The van der Waals surface area contributed by atoms with Crippen molar-refractivity contribution < 1.29 is 9.47 Å². The summed E-state index contributed by atoms with van der Waals surface area (Å²) in [7, 11) is 1.70. The number of fused-ring (bicyclic) bond motifs is 1. The summed E-state index contributed by atoms with van der Waals surface area (Å²) < 4.78 is 12.9. The largest absolute Gasteiger partial charge is 0.493 e. The first-order valence-electron chi connectivity index (χ1n) is 9.52. The molecule has 4 rings (SSSR count). The van der Waals surface area contributed by atoms with Crippen LogP contribution in [0, 0.1) is 6.92 Å². The number of ether oxygens (including phenoxy) is 2. The fourth-order valence-electron chi connectivity index (χ4n) is 3.80. The molecule has 0 bridgehead atoms. The van der Waals surface area contributed by atoms with Gasteiger partial charge in [-0.15, -0.1) is 0 Å². The van der Waals surface area contributed by atoms with Gasteiger partial charge in [-0.3, -0.25) is 0 Å². The fraction of sp³-hybridized carbons (Fsp3) is 0.250.